The van der Waals surface area contributed by atoms with Crippen LogP contribution in [0.1, 0.15) is 5.56 Å². The summed E-state index contributed by atoms with van der Waals surface area (Å²) < 4.78 is 18.9. The second-order valence-electron chi connectivity index (χ2n) is 5.91. The van der Waals surface area contributed by atoms with Crippen molar-refractivity contribution < 1.29 is 13.9 Å². The molecular weight excluding hydrogens is 337 g/mol. The number of nitrogens with zero attached hydrogens (tertiary/aromatic N) is 3. The monoisotopic (exact) mass is 359 g/mol. The van der Waals surface area contributed by atoms with Crippen LogP contribution in [0.4, 0.5) is 16.0 Å². The zero-order valence-electron chi connectivity index (χ0n) is 14.4. The maximum atomic E-state index is 13.5. The molecule has 1 aliphatic heterocycles. The smallest absolute Gasteiger partial charge is 0.224 e. The van der Waals surface area contributed by atoms with Crippen LogP contribution < -0.4 is 15.5 Å². The number of hydrogen-bond acceptors (Lipinski definition) is 6. The van der Waals surface area contributed by atoms with Crippen molar-refractivity contribution >= 4 is 17.5 Å². The molecule has 1 aliphatic rings. The average molecular weight is 359 g/mol. The van der Waals surface area contributed by atoms with Gasteiger partial charge in [-0.2, -0.15) is 0 Å². The van der Waals surface area contributed by atoms with Gasteiger partial charge in [0.15, 0.2) is 0 Å². The van der Waals surface area contributed by atoms with E-state index >= 15 is 0 Å². The molecule has 0 atom stereocenters. The van der Waals surface area contributed by atoms with Crippen molar-refractivity contribution in [1.82, 2.24) is 15.3 Å². The van der Waals surface area contributed by atoms with Gasteiger partial charge in [-0.25, -0.2) is 14.4 Å². The van der Waals surface area contributed by atoms with Gasteiger partial charge in [0.25, 0.3) is 0 Å². The van der Waals surface area contributed by atoms with Crippen LogP contribution in [0.3, 0.4) is 0 Å². The van der Waals surface area contributed by atoms with E-state index in [4.69, 9.17) is 4.74 Å². The number of morpholine rings is 1. The minimum absolute atomic E-state index is 0.0291. The summed E-state index contributed by atoms with van der Waals surface area (Å²) in [4.78, 5) is 22.5. The summed E-state index contributed by atoms with van der Waals surface area (Å²) >= 11 is 0. The van der Waals surface area contributed by atoms with E-state index in [-0.39, 0.29) is 18.1 Å². The number of anilines is 2. The Morgan fingerprint density at radius 3 is 2.81 bits per heavy atom. The number of halogens is 1. The number of ether oxygens (including phenoxy) is 1. The summed E-state index contributed by atoms with van der Waals surface area (Å²) in [6, 6.07) is 8.17. The Labute approximate surface area is 151 Å². The SMILES string of the molecule is O=C(Cc1ccccc1F)NCCNc1cc(N2CCOCC2)ncn1. The van der Waals surface area contributed by atoms with Crippen LogP contribution in [0, 0.1) is 5.82 Å². The van der Waals surface area contributed by atoms with Crippen LogP contribution in [0.15, 0.2) is 36.7 Å². The van der Waals surface area contributed by atoms with Crippen molar-refractivity contribution in [1.29, 1.82) is 0 Å². The highest BCUT2D eigenvalue weighted by Gasteiger charge is 2.13. The number of hydrogen-bond donors (Lipinski definition) is 2. The van der Waals surface area contributed by atoms with Crippen molar-refractivity contribution in [3.05, 3.63) is 48.0 Å². The average Bonchev–Trinajstić information content (AvgIpc) is 2.68. The summed E-state index contributed by atoms with van der Waals surface area (Å²) in [7, 11) is 0. The third-order valence-corrected chi connectivity index (χ3v) is 4.05. The first-order chi connectivity index (χ1) is 12.7. The van der Waals surface area contributed by atoms with E-state index < -0.39 is 0 Å². The van der Waals surface area contributed by atoms with Crippen LogP contribution in [-0.4, -0.2) is 55.3 Å². The molecule has 1 fully saturated rings. The summed E-state index contributed by atoms with van der Waals surface area (Å²) in [6.45, 7) is 3.94. The molecule has 2 N–H and O–H groups in total. The lowest BCUT2D eigenvalue weighted by Crippen LogP contribution is -2.36. The Kier molecular flexibility index (Phi) is 6.32. The fourth-order valence-corrected chi connectivity index (χ4v) is 2.68. The number of aromatic nitrogens is 2. The normalized spacial score (nSPS) is 14.1. The van der Waals surface area contributed by atoms with E-state index in [0.717, 1.165) is 18.9 Å². The van der Waals surface area contributed by atoms with E-state index in [2.05, 4.69) is 25.5 Å². The Morgan fingerprint density at radius 2 is 2.00 bits per heavy atom. The van der Waals surface area contributed by atoms with Crippen molar-refractivity contribution in [2.75, 3.05) is 49.6 Å². The molecule has 26 heavy (non-hydrogen) atoms. The first-order valence-electron chi connectivity index (χ1n) is 8.61. The fourth-order valence-electron chi connectivity index (χ4n) is 2.68. The largest absolute Gasteiger partial charge is 0.378 e. The Balaban J connectivity index is 1.42. The number of rotatable bonds is 7. The molecule has 1 aromatic heterocycles. The molecule has 0 spiro atoms. The van der Waals surface area contributed by atoms with Gasteiger partial charge in [-0.05, 0) is 11.6 Å². The van der Waals surface area contributed by atoms with Crippen LogP contribution in [0.25, 0.3) is 0 Å². The van der Waals surface area contributed by atoms with Crippen molar-refractivity contribution in [2.45, 2.75) is 6.42 Å². The molecule has 1 saturated heterocycles. The zero-order valence-corrected chi connectivity index (χ0v) is 14.4. The molecular formula is C18H22FN5O2. The maximum Gasteiger partial charge on any atom is 0.224 e. The van der Waals surface area contributed by atoms with Gasteiger partial charge >= 0.3 is 0 Å². The standard InChI is InChI=1S/C18H22FN5O2/c19-15-4-2-1-3-14(15)11-18(25)21-6-5-20-16-12-17(23-13-22-16)24-7-9-26-10-8-24/h1-4,12-13H,5-11H2,(H,21,25)(H,20,22,23). The summed E-state index contributed by atoms with van der Waals surface area (Å²) in [5.41, 5.74) is 0.393. The molecule has 1 amide bonds. The van der Waals surface area contributed by atoms with E-state index in [0.29, 0.717) is 37.7 Å². The lowest BCUT2D eigenvalue weighted by Gasteiger charge is -2.27. The van der Waals surface area contributed by atoms with Gasteiger partial charge in [0.1, 0.15) is 23.8 Å². The molecule has 0 aliphatic carbocycles. The molecule has 7 nitrogen and oxygen atoms in total. The number of amides is 1. The van der Waals surface area contributed by atoms with Crippen molar-refractivity contribution in [3.8, 4) is 0 Å². The predicted octanol–water partition coefficient (Wildman–Crippen LogP) is 1.22. The predicted molar refractivity (Wildman–Crippen MR) is 96.7 cm³/mol. The lowest BCUT2D eigenvalue weighted by atomic mass is 10.1. The van der Waals surface area contributed by atoms with Gasteiger partial charge in [-0.1, -0.05) is 18.2 Å². The van der Waals surface area contributed by atoms with Crippen LogP contribution in [0.5, 0.6) is 0 Å². The van der Waals surface area contributed by atoms with Crippen LogP contribution >= 0.6 is 0 Å². The number of carbonyl (C=O) groups is 1. The first-order valence-corrected chi connectivity index (χ1v) is 8.61. The van der Waals surface area contributed by atoms with E-state index in [9.17, 15) is 9.18 Å². The summed E-state index contributed by atoms with van der Waals surface area (Å²) in [5.74, 6) is 0.977. The lowest BCUT2D eigenvalue weighted by molar-refractivity contribution is -0.120. The van der Waals surface area contributed by atoms with Crippen molar-refractivity contribution in [2.24, 2.45) is 0 Å². The van der Waals surface area contributed by atoms with Gasteiger partial charge < -0.3 is 20.3 Å². The molecule has 2 heterocycles. The molecule has 0 saturated carbocycles. The molecule has 0 unspecified atom stereocenters. The highest BCUT2D eigenvalue weighted by atomic mass is 19.1. The minimum atomic E-state index is -0.364. The highest BCUT2D eigenvalue weighted by molar-refractivity contribution is 5.78. The minimum Gasteiger partial charge on any atom is -0.378 e. The van der Waals surface area contributed by atoms with Gasteiger partial charge in [0.05, 0.1) is 19.6 Å². The van der Waals surface area contributed by atoms with Gasteiger partial charge in [0, 0.05) is 32.2 Å². The van der Waals surface area contributed by atoms with Crippen LogP contribution in [0.2, 0.25) is 0 Å². The number of carbonyl (C=O) groups excluding carboxylic acids is 1. The molecule has 138 valence electrons. The Morgan fingerprint density at radius 1 is 1.19 bits per heavy atom. The van der Waals surface area contributed by atoms with Crippen LogP contribution in [-0.2, 0) is 16.0 Å². The highest BCUT2D eigenvalue weighted by Crippen LogP contribution is 2.15. The van der Waals surface area contributed by atoms with Crippen molar-refractivity contribution in [3.63, 3.8) is 0 Å². The fraction of sp³-hybridized carbons (Fsp3) is 0.389. The molecule has 3 rings (SSSR count). The van der Waals surface area contributed by atoms with E-state index in [1.165, 1.54) is 12.4 Å². The molecule has 1 aromatic carbocycles. The first kappa shape index (κ1) is 18.1. The third kappa shape index (κ3) is 5.13. The third-order valence-electron chi connectivity index (χ3n) is 4.05. The Hall–Kier alpha value is -2.74. The number of nitrogens with one attached hydrogen (secondary N) is 2. The number of benzene rings is 1. The zero-order chi connectivity index (χ0) is 18.2. The summed E-state index contributed by atoms with van der Waals surface area (Å²) in [5, 5.41) is 5.93. The van der Waals surface area contributed by atoms with Gasteiger partial charge in [-0.15, -0.1) is 0 Å². The van der Waals surface area contributed by atoms with E-state index in [1.807, 2.05) is 6.07 Å². The Bertz CT molecular complexity index is 737. The maximum absolute atomic E-state index is 13.5. The van der Waals surface area contributed by atoms with Gasteiger partial charge in [-0.3, -0.25) is 4.79 Å². The second-order valence-corrected chi connectivity index (χ2v) is 5.91. The second kappa shape index (κ2) is 9.10. The topological polar surface area (TPSA) is 79.4 Å². The molecule has 2 aromatic rings. The summed E-state index contributed by atoms with van der Waals surface area (Å²) in [6.07, 6.45) is 1.55. The van der Waals surface area contributed by atoms with Gasteiger partial charge in [0.2, 0.25) is 5.91 Å². The molecule has 0 radical (unpaired) electrons. The van der Waals surface area contributed by atoms with E-state index in [1.54, 1.807) is 18.2 Å². The molecule has 0 bridgehead atoms. The quantitative estimate of drug-likeness (QED) is 0.724. The molecule has 8 heteroatoms.